The fourth-order valence-corrected chi connectivity index (χ4v) is 1.55. The Kier molecular flexibility index (Phi) is 7.15. The van der Waals surface area contributed by atoms with Crippen LogP contribution in [0.1, 0.15) is 34.1 Å². The van der Waals surface area contributed by atoms with Crippen molar-refractivity contribution in [2.24, 2.45) is 22.1 Å². The largest absolute Gasteiger partial charge is 0.356 e. The molecule has 0 aliphatic rings. The topological polar surface area (TPSA) is 75.3 Å². The zero-order chi connectivity index (χ0) is 15.7. The normalized spacial score (nSPS) is 12.6. The molecule has 1 heterocycles. The van der Waals surface area contributed by atoms with Gasteiger partial charge in [-0.05, 0) is 36.4 Å². The quantitative estimate of drug-likeness (QED) is 0.533. The van der Waals surface area contributed by atoms with Crippen LogP contribution in [0.4, 0.5) is 5.69 Å². The summed E-state index contributed by atoms with van der Waals surface area (Å²) in [4.78, 5) is 8.75. The molecule has 0 saturated carbocycles. The van der Waals surface area contributed by atoms with E-state index in [0.29, 0.717) is 19.0 Å². The van der Waals surface area contributed by atoms with E-state index in [9.17, 15) is 0 Å². The summed E-state index contributed by atoms with van der Waals surface area (Å²) < 4.78 is 0. The van der Waals surface area contributed by atoms with Gasteiger partial charge in [-0.3, -0.25) is 9.98 Å². The van der Waals surface area contributed by atoms with E-state index in [1.54, 1.807) is 12.4 Å². The number of hydrogen-bond acceptors (Lipinski definition) is 3. The smallest absolute Gasteiger partial charge is 0.195 e. The lowest BCUT2D eigenvalue weighted by Crippen LogP contribution is -2.34. The second-order valence-electron chi connectivity index (χ2n) is 6.51. The third-order valence-electron chi connectivity index (χ3n) is 3.16. The number of rotatable bonds is 7. The summed E-state index contributed by atoms with van der Waals surface area (Å²) in [6, 6.07) is 3.87. The van der Waals surface area contributed by atoms with Gasteiger partial charge >= 0.3 is 0 Å². The van der Waals surface area contributed by atoms with Gasteiger partial charge in [0.2, 0.25) is 0 Å². The average Bonchev–Trinajstić information content (AvgIpc) is 2.45. The predicted molar refractivity (Wildman–Crippen MR) is 90.5 cm³/mol. The molecular weight excluding hydrogens is 262 g/mol. The molecule has 0 aliphatic heterocycles. The van der Waals surface area contributed by atoms with E-state index >= 15 is 0 Å². The van der Waals surface area contributed by atoms with Gasteiger partial charge in [-0.2, -0.15) is 0 Å². The first-order valence-electron chi connectivity index (χ1n) is 7.58. The Morgan fingerprint density at radius 1 is 1.43 bits per heavy atom. The van der Waals surface area contributed by atoms with Crippen molar-refractivity contribution in [1.29, 1.82) is 0 Å². The Hall–Kier alpha value is -1.62. The van der Waals surface area contributed by atoms with Crippen molar-refractivity contribution in [3.63, 3.8) is 0 Å². The second kappa shape index (κ2) is 8.62. The predicted octanol–water partition coefficient (Wildman–Crippen LogP) is 2.47. The minimum absolute atomic E-state index is 0.00158. The van der Waals surface area contributed by atoms with Gasteiger partial charge in [0.25, 0.3) is 0 Å². The van der Waals surface area contributed by atoms with E-state index in [1.807, 2.05) is 12.1 Å². The summed E-state index contributed by atoms with van der Waals surface area (Å²) in [5.74, 6) is 1.45. The van der Waals surface area contributed by atoms with E-state index in [4.69, 9.17) is 5.73 Å². The van der Waals surface area contributed by atoms with E-state index in [2.05, 4.69) is 48.3 Å². The van der Waals surface area contributed by atoms with E-state index < -0.39 is 0 Å². The SMILES string of the molecule is CC(C)CCNC(=NCC(C)(C)CN)Nc1cccnc1. The molecule has 5 heteroatoms. The zero-order valence-electron chi connectivity index (χ0n) is 13.7. The summed E-state index contributed by atoms with van der Waals surface area (Å²) >= 11 is 0. The average molecular weight is 291 g/mol. The molecule has 0 bridgehead atoms. The summed E-state index contributed by atoms with van der Waals surface area (Å²) in [6.07, 6.45) is 4.65. The summed E-state index contributed by atoms with van der Waals surface area (Å²) in [7, 11) is 0. The third kappa shape index (κ3) is 7.66. The molecule has 0 amide bonds. The van der Waals surface area contributed by atoms with Crippen molar-refractivity contribution in [2.75, 3.05) is 25.0 Å². The van der Waals surface area contributed by atoms with Gasteiger partial charge in [-0.1, -0.05) is 27.7 Å². The first-order chi connectivity index (χ1) is 9.93. The molecule has 0 radical (unpaired) electrons. The van der Waals surface area contributed by atoms with Crippen molar-refractivity contribution in [3.8, 4) is 0 Å². The van der Waals surface area contributed by atoms with Crippen LogP contribution >= 0.6 is 0 Å². The maximum atomic E-state index is 5.76. The van der Waals surface area contributed by atoms with Crippen LogP contribution in [0.15, 0.2) is 29.5 Å². The lowest BCUT2D eigenvalue weighted by molar-refractivity contribution is 0.393. The Morgan fingerprint density at radius 2 is 2.19 bits per heavy atom. The van der Waals surface area contributed by atoms with Crippen LogP contribution in [0, 0.1) is 11.3 Å². The first-order valence-corrected chi connectivity index (χ1v) is 7.58. The molecule has 1 aromatic heterocycles. The van der Waals surface area contributed by atoms with Crippen LogP contribution in [0.5, 0.6) is 0 Å². The van der Waals surface area contributed by atoms with E-state index in [-0.39, 0.29) is 5.41 Å². The number of nitrogens with one attached hydrogen (secondary N) is 2. The van der Waals surface area contributed by atoms with Crippen LogP contribution in [0.3, 0.4) is 0 Å². The van der Waals surface area contributed by atoms with Crippen molar-refractivity contribution in [1.82, 2.24) is 10.3 Å². The minimum Gasteiger partial charge on any atom is -0.356 e. The number of anilines is 1. The lowest BCUT2D eigenvalue weighted by atomic mass is 9.94. The minimum atomic E-state index is 0.00158. The molecule has 118 valence electrons. The molecule has 0 fully saturated rings. The molecule has 0 aromatic carbocycles. The molecule has 0 unspecified atom stereocenters. The summed E-state index contributed by atoms with van der Waals surface area (Å²) in [6.45, 7) is 10.9. The Morgan fingerprint density at radius 3 is 2.76 bits per heavy atom. The number of aromatic nitrogens is 1. The van der Waals surface area contributed by atoms with Crippen LogP contribution in [0.25, 0.3) is 0 Å². The third-order valence-corrected chi connectivity index (χ3v) is 3.16. The molecule has 5 nitrogen and oxygen atoms in total. The summed E-state index contributed by atoms with van der Waals surface area (Å²) in [5, 5.41) is 6.65. The molecule has 0 saturated heterocycles. The number of pyridine rings is 1. The highest BCUT2D eigenvalue weighted by molar-refractivity contribution is 5.93. The summed E-state index contributed by atoms with van der Waals surface area (Å²) in [5.41, 5.74) is 6.70. The monoisotopic (exact) mass is 291 g/mol. The number of nitrogens with two attached hydrogens (primary N) is 1. The Balaban J connectivity index is 2.67. The van der Waals surface area contributed by atoms with Gasteiger partial charge < -0.3 is 16.4 Å². The highest BCUT2D eigenvalue weighted by atomic mass is 15.2. The number of guanidine groups is 1. The van der Waals surface area contributed by atoms with Crippen molar-refractivity contribution in [3.05, 3.63) is 24.5 Å². The highest BCUT2D eigenvalue weighted by Gasteiger charge is 2.15. The zero-order valence-corrected chi connectivity index (χ0v) is 13.7. The van der Waals surface area contributed by atoms with Crippen LogP contribution < -0.4 is 16.4 Å². The highest BCUT2D eigenvalue weighted by Crippen LogP contribution is 2.13. The van der Waals surface area contributed by atoms with Crippen LogP contribution in [0.2, 0.25) is 0 Å². The molecule has 4 N–H and O–H groups in total. The van der Waals surface area contributed by atoms with Crippen molar-refractivity contribution >= 4 is 11.6 Å². The number of nitrogens with zero attached hydrogens (tertiary/aromatic N) is 2. The van der Waals surface area contributed by atoms with E-state index in [1.165, 1.54) is 0 Å². The molecule has 1 rings (SSSR count). The fourth-order valence-electron chi connectivity index (χ4n) is 1.55. The second-order valence-corrected chi connectivity index (χ2v) is 6.51. The maximum absolute atomic E-state index is 5.76. The lowest BCUT2D eigenvalue weighted by Gasteiger charge is -2.21. The van der Waals surface area contributed by atoms with Crippen molar-refractivity contribution in [2.45, 2.75) is 34.1 Å². The maximum Gasteiger partial charge on any atom is 0.195 e. The molecule has 0 aliphatic carbocycles. The first kappa shape index (κ1) is 17.4. The molecule has 1 aromatic rings. The molecule has 21 heavy (non-hydrogen) atoms. The van der Waals surface area contributed by atoms with Crippen LogP contribution in [-0.2, 0) is 0 Å². The van der Waals surface area contributed by atoms with Gasteiger partial charge in [0.15, 0.2) is 5.96 Å². The van der Waals surface area contributed by atoms with Crippen LogP contribution in [-0.4, -0.2) is 30.6 Å². The number of aliphatic imine (C=N–C) groups is 1. The molecule has 0 spiro atoms. The van der Waals surface area contributed by atoms with Gasteiger partial charge in [0.05, 0.1) is 11.9 Å². The Bertz CT molecular complexity index is 426. The Labute approximate surface area is 128 Å². The van der Waals surface area contributed by atoms with Gasteiger partial charge in [-0.15, -0.1) is 0 Å². The standard InChI is InChI=1S/C16H29N5/c1-13(2)7-9-19-15(20-12-16(3,4)11-17)21-14-6-5-8-18-10-14/h5-6,8,10,13H,7,9,11-12,17H2,1-4H3,(H2,19,20,21). The van der Waals surface area contributed by atoms with Gasteiger partial charge in [0.1, 0.15) is 0 Å². The van der Waals surface area contributed by atoms with Gasteiger partial charge in [-0.25, -0.2) is 0 Å². The van der Waals surface area contributed by atoms with Crippen molar-refractivity contribution < 1.29 is 0 Å². The molecule has 0 atom stereocenters. The van der Waals surface area contributed by atoms with Gasteiger partial charge in [0, 0.05) is 19.3 Å². The van der Waals surface area contributed by atoms with E-state index in [0.717, 1.165) is 24.6 Å². The number of hydrogen-bond donors (Lipinski definition) is 3. The fraction of sp³-hybridized carbons (Fsp3) is 0.625. The molecular formula is C16H29N5.